The SMILES string of the molecule is O=C1CCc2ccc(Nc3nc(-c4cnc5cc[nH]c5c4)nc4cn[nH]c34)cc2N1. The van der Waals surface area contributed by atoms with Gasteiger partial charge in [-0.2, -0.15) is 5.10 Å². The highest BCUT2D eigenvalue weighted by Gasteiger charge is 2.16. The molecule has 0 fully saturated rings. The third-order valence-corrected chi connectivity index (χ3v) is 5.23. The van der Waals surface area contributed by atoms with E-state index in [-0.39, 0.29) is 5.91 Å². The lowest BCUT2D eigenvalue weighted by Gasteiger charge is -2.18. The van der Waals surface area contributed by atoms with Gasteiger partial charge in [0.25, 0.3) is 0 Å². The van der Waals surface area contributed by atoms with Crippen LogP contribution in [0.15, 0.2) is 48.9 Å². The summed E-state index contributed by atoms with van der Waals surface area (Å²) in [6.45, 7) is 0. The molecule has 4 N–H and O–H groups in total. The summed E-state index contributed by atoms with van der Waals surface area (Å²) in [5.74, 6) is 1.18. The molecule has 1 aromatic carbocycles. The van der Waals surface area contributed by atoms with Crippen molar-refractivity contribution in [2.45, 2.75) is 12.8 Å². The summed E-state index contributed by atoms with van der Waals surface area (Å²) in [4.78, 5) is 28.7. The van der Waals surface area contributed by atoms with Crippen LogP contribution >= 0.6 is 0 Å². The smallest absolute Gasteiger partial charge is 0.224 e. The fraction of sp³-hybridized carbons (Fsp3) is 0.0952. The average molecular weight is 396 g/mol. The number of rotatable bonds is 3. The lowest BCUT2D eigenvalue weighted by Crippen LogP contribution is -2.18. The van der Waals surface area contributed by atoms with Crippen molar-refractivity contribution in [3.05, 3.63) is 54.5 Å². The topological polar surface area (TPSA) is 124 Å². The normalized spacial score (nSPS) is 13.4. The third-order valence-electron chi connectivity index (χ3n) is 5.23. The summed E-state index contributed by atoms with van der Waals surface area (Å²) in [7, 11) is 0. The molecule has 0 atom stereocenters. The van der Waals surface area contributed by atoms with Gasteiger partial charge in [-0.3, -0.25) is 14.9 Å². The molecule has 6 rings (SSSR count). The van der Waals surface area contributed by atoms with Gasteiger partial charge in [0.15, 0.2) is 11.6 Å². The molecule has 0 spiro atoms. The van der Waals surface area contributed by atoms with E-state index in [9.17, 15) is 4.79 Å². The number of nitrogens with zero attached hydrogens (tertiary/aromatic N) is 4. The number of aromatic nitrogens is 6. The number of fused-ring (bicyclic) bond motifs is 3. The Morgan fingerprint density at radius 1 is 1.00 bits per heavy atom. The summed E-state index contributed by atoms with van der Waals surface area (Å²) >= 11 is 0. The highest BCUT2D eigenvalue weighted by molar-refractivity contribution is 5.95. The fourth-order valence-corrected chi connectivity index (χ4v) is 3.70. The predicted octanol–water partition coefficient (Wildman–Crippen LogP) is 3.52. The van der Waals surface area contributed by atoms with E-state index in [4.69, 9.17) is 4.98 Å². The van der Waals surface area contributed by atoms with Crippen molar-refractivity contribution in [3.63, 3.8) is 0 Å². The van der Waals surface area contributed by atoms with E-state index in [2.05, 4.69) is 35.8 Å². The minimum absolute atomic E-state index is 0.0344. The van der Waals surface area contributed by atoms with Gasteiger partial charge in [0, 0.05) is 35.8 Å². The largest absolute Gasteiger partial charge is 0.360 e. The average Bonchev–Trinajstić information content (AvgIpc) is 3.42. The van der Waals surface area contributed by atoms with E-state index in [1.807, 2.05) is 36.5 Å². The Hall–Kier alpha value is -4.27. The number of aromatic amines is 2. The molecule has 9 nitrogen and oxygen atoms in total. The second kappa shape index (κ2) is 6.38. The number of pyridine rings is 1. The van der Waals surface area contributed by atoms with Gasteiger partial charge < -0.3 is 15.6 Å². The van der Waals surface area contributed by atoms with Gasteiger partial charge in [0.1, 0.15) is 11.0 Å². The molecule has 1 aliphatic heterocycles. The molecule has 5 aromatic rings. The van der Waals surface area contributed by atoms with Crippen molar-refractivity contribution < 1.29 is 4.79 Å². The van der Waals surface area contributed by atoms with Gasteiger partial charge in [-0.1, -0.05) is 6.07 Å². The zero-order valence-electron chi connectivity index (χ0n) is 15.7. The number of H-pyrrole nitrogens is 2. The highest BCUT2D eigenvalue weighted by Crippen LogP contribution is 2.30. The molecule has 0 radical (unpaired) electrons. The van der Waals surface area contributed by atoms with Crippen molar-refractivity contribution >= 4 is 45.2 Å². The van der Waals surface area contributed by atoms with Crippen molar-refractivity contribution in [2.24, 2.45) is 0 Å². The van der Waals surface area contributed by atoms with Gasteiger partial charge in [0.2, 0.25) is 5.91 Å². The number of anilines is 3. The Bertz CT molecular complexity index is 1430. The van der Waals surface area contributed by atoms with Crippen molar-refractivity contribution in [2.75, 3.05) is 10.6 Å². The highest BCUT2D eigenvalue weighted by atomic mass is 16.1. The van der Waals surface area contributed by atoms with Crippen LogP contribution < -0.4 is 10.6 Å². The maximum atomic E-state index is 11.7. The van der Waals surface area contributed by atoms with E-state index in [1.54, 1.807) is 12.4 Å². The van der Waals surface area contributed by atoms with Crippen molar-refractivity contribution in [1.82, 2.24) is 30.1 Å². The Balaban J connectivity index is 1.42. The maximum absolute atomic E-state index is 11.7. The molecule has 0 unspecified atom stereocenters. The molecule has 0 saturated heterocycles. The van der Waals surface area contributed by atoms with Crippen LogP contribution in [0.1, 0.15) is 12.0 Å². The van der Waals surface area contributed by atoms with Crippen LogP contribution in [0.25, 0.3) is 33.5 Å². The number of hydrogen-bond donors (Lipinski definition) is 4. The number of nitrogens with one attached hydrogen (secondary N) is 4. The van der Waals surface area contributed by atoms with Gasteiger partial charge in [-0.25, -0.2) is 9.97 Å². The second-order valence-electron chi connectivity index (χ2n) is 7.21. The van der Waals surface area contributed by atoms with Crippen LogP contribution in [-0.4, -0.2) is 36.0 Å². The van der Waals surface area contributed by atoms with E-state index < -0.39 is 0 Å². The van der Waals surface area contributed by atoms with Crippen LogP contribution in [0.4, 0.5) is 17.2 Å². The predicted molar refractivity (Wildman–Crippen MR) is 113 cm³/mol. The Kier molecular flexibility index (Phi) is 3.54. The van der Waals surface area contributed by atoms with E-state index >= 15 is 0 Å². The number of hydrogen-bond acceptors (Lipinski definition) is 6. The molecule has 5 heterocycles. The first kappa shape index (κ1) is 16.7. The molecule has 4 aromatic heterocycles. The Morgan fingerprint density at radius 2 is 1.97 bits per heavy atom. The molecular weight excluding hydrogens is 380 g/mol. The van der Waals surface area contributed by atoms with Crippen LogP contribution in [-0.2, 0) is 11.2 Å². The van der Waals surface area contributed by atoms with Gasteiger partial charge >= 0.3 is 0 Å². The summed E-state index contributed by atoms with van der Waals surface area (Å²) in [6, 6.07) is 9.81. The lowest BCUT2D eigenvalue weighted by atomic mass is 10.0. The van der Waals surface area contributed by atoms with Crippen LogP contribution in [0, 0.1) is 0 Å². The van der Waals surface area contributed by atoms with E-state index in [0.717, 1.165) is 40.0 Å². The number of aryl methyl sites for hydroxylation is 1. The van der Waals surface area contributed by atoms with Crippen LogP contribution in [0.5, 0.6) is 0 Å². The molecule has 146 valence electrons. The third kappa shape index (κ3) is 2.75. The van der Waals surface area contributed by atoms with Crippen LogP contribution in [0.2, 0.25) is 0 Å². The summed E-state index contributed by atoms with van der Waals surface area (Å²) in [6.07, 6.45) is 6.54. The number of carbonyl (C=O) groups excluding carboxylic acids is 1. The summed E-state index contributed by atoms with van der Waals surface area (Å²) in [5, 5.41) is 13.3. The monoisotopic (exact) mass is 396 g/mol. The standard InChI is InChI=1S/C21H16N8O/c30-18-4-2-11-1-3-13(8-15(11)26-18)25-21-19-17(10-24-29-19)27-20(28-21)12-7-16-14(23-9-12)5-6-22-16/h1,3,5-10,22H,2,4H2,(H,24,29)(H,26,30)(H,25,27,28). The fourth-order valence-electron chi connectivity index (χ4n) is 3.70. The summed E-state index contributed by atoms with van der Waals surface area (Å²) < 4.78 is 0. The van der Waals surface area contributed by atoms with Crippen molar-refractivity contribution in [3.8, 4) is 11.4 Å². The zero-order valence-corrected chi connectivity index (χ0v) is 15.7. The first-order valence-corrected chi connectivity index (χ1v) is 9.57. The van der Waals surface area contributed by atoms with Crippen LogP contribution in [0.3, 0.4) is 0 Å². The van der Waals surface area contributed by atoms with Crippen molar-refractivity contribution in [1.29, 1.82) is 0 Å². The molecule has 1 aliphatic rings. The minimum Gasteiger partial charge on any atom is -0.360 e. The number of amides is 1. The maximum Gasteiger partial charge on any atom is 0.224 e. The lowest BCUT2D eigenvalue weighted by molar-refractivity contribution is -0.116. The molecule has 1 amide bonds. The number of benzene rings is 1. The van der Waals surface area contributed by atoms with Gasteiger partial charge in [0.05, 0.1) is 17.2 Å². The van der Waals surface area contributed by atoms with E-state index in [1.165, 1.54) is 0 Å². The Morgan fingerprint density at radius 3 is 2.93 bits per heavy atom. The second-order valence-corrected chi connectivity index (χ2v) is 7.21. The molecule has 0 bridgehead atoms. The molecular formula is C21H16N8O. The number of carbonyl (C=O) groups is 1. The quantitative estimate of drug-likeness (QED) is 0.370. The zero-order chi connectivity index (χ0) is 20.1. The minimum atomic E-state index is 0.0344. The van der Waals surface area contributed by atoms with Gasteiger partial charge in [-0.15, -0.1) is 0 Å². The van der Waals surface area contributed by atoms with Gasteiger partial charge in [-0.05, 0) is 36.2 Å². The molecule has 30 heavy (non-hydrogen) atoms. The first-order chi connectivity index (χ1) is 14.7. The molecule has 0 saturated carbocycles. The molecule has 0 aliphatic carbocycles. The van der Waals surface area contributed by atoms with E-state index in [0.29, 0.717) is 29.1 Å². The Labute approximate surface area is 170 Å². The molecule has 9 heteroatoms. The summed E-state index contributed by atoms with van der Waals surface area (Å²) in [5.41, 5.74) is 6.77. The first-order valence-electron chi connectivity index (χ1n) is 9.57.